The maximum atomic E-state index is 14.0. The molecule has 3 rings (SSSR count). The molecule has 2 aromatic carbocycles. The summed E-state index contributed by atoms with van der Waals surface area (Å²) in [6.45, 7) is 0. The normalized spacial score (nSPS) is 17.6. The molecular weight excluding hydrogens is 326 g/mol. The minimum atomic E-state index is -0.851. The Kier molecular flexibility index (Phi) is 3.99. The van der Waals surface area contributed by atoms with Crippen LogP contribution < -0.4 is 4.90 Å². The molecule has 1 saturated heterocycles. The Morgan fingerprint density at radius 3 is 2.70 bits per heavy atom. The van der Waals surface area contributed by atoms with E-state index >= 15 is 0 Å². The van der Waals surface area contributed by atoms with Gasteiger partial charge in [0.05, 0.1) is 16.4 Å². The molecule has 1 heterocycles. The molecule has 1 atom stereocenters. The van der Waals surface area contributed by atoms with Crippen LogP contribution in [0.1, 0.15) is 10.9 Å². The summed E-state index contributed by atoms with van der Waals surface area (Å²) < 4.78 is 27.1. The molecule has 1 amide bonds. The van der Waals surface area contributed by atoms with Crippen molar-refractivity contribution in [2.24, 2.45) is 0 Å². The Balaban J connectivity index is 2.03. The zero-order valence-corrected chi connectivity index (χ0v) is 12.4. The first-order valence-corrected chi connectivity index (χ1v) is 7.65. The number of carbonyl (C=O) groups is 1. The Morgan fingerprint density at radius 2 is 2.00 bits per heavy atom. The summed E-state index contributed by atoms with van der Waals surface area (Å²) in [5.74, 6) is -1.81. The predicted octanol–water partition coefficient (Wildman–Crippen LogP) is 3.65. The molecule has 0 aliphatic carbocycles. The fourth-order valence-corrected chi connectivity index (χ4v) is 3.56. The van der Waals surface area contributed by atoms with Gasteiger partial charge in [0.1, 0.15) is 17.0 Å². The van der Waals surface area contributed by atoms with E-state index in [0.29, 0.717) is 11.6 Å². The topological polar surface area (TPSA) is 63.4 Å². The first-order valence-electron chi connectivity index (χ1n) is 6.60. The SMILES string of the molecule is O=C1CSC(c2cccc([N+](=O)[O-])c2)N1c1ccc(F)cc1F. The van der Waals surface area contributed by atoms with Gasteiger partial charge in [-0.25, -0.2) is 8.78 Å². The highest BCUT2D eigenvalue weighted by Gasteiger charge is 2.36. The summed E-state index contributed by atoms with van der Waals surface area (Å²) in [6, 6.07) is 8.81. The zero-order valence-electron chi connectivity index (χ0n) is 11.6. The van der Waals surface area contributed by atoms with E-state index in [0.717, 1.165) is 6.07 Å². The van der Waals surface area contributed by atoms with Gasteiger partial charge in [-0.3, -0.25) is 19.8 Å². The van der Waals surface area contributed by atoms with E-state index in [4.69, 9.17) is 0 Å². The second-order valence-electron chi connectivity index (χ2n) is 4.87. The van der Waals surface area contributed by atoms with Crippen molar-refractivity contribution >= 4 is 29.0 Å². The van der Waals surface area contributed by atoms with Crippen LogP contribution in [0.5, 0.6) is 0 Å². The number of benzene rings is 2. The number of halogens is 2. The van der Waals surface area contributed by atoms with Crippen molar-refractivity contribution in [3.63, 3.8) is 0 Å². The highest BCUT2D eigenvalue weighted by molar-refractivity contribution is 8.00. The molecular formula is C15H10F2N2O3S. The molecule has 0 bridgehead atoms. The Hall–Kier alpha value is -2.48. The van der Waals surface area contributed by atoms with Crippen molar-refractivity contribution in [1.82, 2.24) is 0 Å². The van der Waals surface area contributed by atoms with Gasteiger partial charge in [0, 0.05) is 18.2 Å². The summed E-state index contributed by atoms with van der Waals surface area (Å²) in [5, 5.41) is 10.3. The number of nitro groups is 1. The van der Waals surface area contributed by atoms with Crippen LogP contribution in [0, 0.1) is 21.7 Å². The average molecular weight is 336 g/mol. The fraction of sp³-hybridized carbons (Fsp3) is 0.133. The highest BCUT2D eigenvalue weighted by atomic mass is 32.2. The summed E-state index contributed by atoms with van der Waals surface area (Å²) >= 11 is 1.23. The van der Waals surface area contributed by atoms with E-state index in [1.165, 1.54) is 40.9 Å². The monoisotopic (exact) mass is 336 g/mol. The van der Waals surface area contributed by atoms with Gasteiger partial charge < -0.3 is 0 Å². The lowest BCUT2D eigenvalue weighted by Gasteiger charge is -2.24. The molecule has 0 aromatic heterocycles. The van der Waals surface area contributed by atoms with Crippen molar-refractivity contribution in [2.45, 2.75) is 5.37 Å². The van der Waals surface area contributed by atoms with Crippen LogP contribution in [-0.2, 0) is 4.79 Å². The van der Waals surface area contributed by atoms with Crippen molar-refractivity contribution in [3.8, 4) is 0 Å². The Morgan fingerprint density at radius 1 is 1.22 bits per heavy atom. The van der Waals surface area contributed by atoms with Crippen LogP contribution in [0.4, 0.5) is 20.2 Å². The van der Waals surface area contributed by atoms with Gasteiger partial charge in [-0.2, -0.15) is 0 Å². The number of amides is 1. The van der Waals surface area contributed by atoms with Gasteiger partial charge in [0.25, 0.3) is 5.69 Å². The van der Waals surface area contributed by atoms with Crippen molar-refractivity contribution in [1.29, 1.82) is 0 Å². The Bertz CT molecular complexity index is 800. The van der Waals surface area contributed by atoms with Crippen LogP contribution in [-0.4, -0.2) is 16.6 Å². The largest absolute Gasteiger partial charge is 0.292 e. The molecule has 5 nitrogen and oxygen atoms in total. The third-order valence-electron chi connectivity index (χ3n) is 3.40. The number of anilines is 1. The van der Waals surface area contributed by atoms with E-state index in [1.807, 2.05) is 0 Å². The number of nitro benzene ring substituents is 1. The minimum absolute atomic E-state index is 0.0436. The molecule has 1 aliphatic heterocycles. The van der Waals surface area contributed by atoms with Crippen molar-refractivity contribution < 1.29 is 18.5 Å². The lowest BCUT2D eigenvalue weighted by atomic mass is 10.1. The van der Waals surface area contributed by atoms with Crippen molar-refractivity contribution in [3.05, 3.63) is 69.8 Å². The summed E-state index contributed by atoms with van der Waals surface area (Å²) in [5.41, 5.74) is 0.360. The number of carbonyl (C=O) groups excluding carboxylic acids is 1. The first-order chi connectivity index (χ1) is 11.0. The molecule has 0 N–H and O–H groups in total. The second kappa shape index (κ2) is 5.96. The molecule has 2 aromatic rings. The van der Waals surface area contributed by atoms with E-state index in [2.05, 4.69) is 0 Å². The molecule has 118 valence electrons. The number of hydrogen-bond donors (Lipinski definition) is 0. The number of thioether (sulfide) groups is 1. The number of nitrogens with zero attached hydrogens (tertiary/aromatic N) is 2. The van der Waals surface area contributed by atoms with E-state index in [9.17, 15) is 23.7 Å². The zero-order chi connectivity index (χ0) is 16.6. The smallest absolute Gasteiger partial charge is 0.269 e. The number of hydrogen-bond acceptors (Lipinski definition) is 4. The summed E-state index contributed by atoms with van der Waals surface area (Å²) in [4.78, 5) is 23.7. The van der Waals surface area contributed by atoms with Crippen LogP contribution >= 0.6 is 11.8 Å². The number of rotatable bonds is 3. The maximum Gasteiger partial charge on any atom is 0.269 e. The molecule has 0 spiro atoms. The first kappa shape index (κ1) is 15.4. The van der Waals surface area contributed by atoms with Crippen LogP contribution in [0.2, 0.25) is 0 Å². The quantitative estimate of drug-likeness (QED) is 0.634. The predicted molar refractivity (Wildman–Crippen MR) is 82.1 cm³/mol. The molecule has 1 unspecified atom stereocenters. The molecule has 0 radical (unpaired) electrons. The van der Waals surface area contributed by atoms with E-state index in [1.54, 1.807) is 6.07 Å². The van der Waals surface area contributed by atoms with Gasteiger partial charge >= 0.3 is 0 Å². The van der Waals surface area contributed by atoms with Crippen LogP contribution in [0.15, 0.2) is 42.5 Å². The lowest BCUT2D eigenvalue weighted by molar-refractivity contribution is -0.384. The molecule has 8 heteroatoms. The van der Waals surface area contributed by atoms with Crippen LogP contribution in [0.3, 0.4) is 0 Å². The van der Waals surface area contributed by atoms with Gasteiger partial charge in [-0.1, -0.05) is 12.1 Å². The fourth-order valence-electron chi connectivity index (χ4n) is 2.40. The Labute approximate surface area is 134 Å². The number of non-ortho nitro benzene ring substituents is 1. The van der Waals surface area contributed by atoms with Gasteiger partial charge in [-0.15, -0.1) is 11.8 Å². The maximum absolute atomic E-state index is 14.0. The average Bonchev–Trinajstić information content (AvgIpc) is 2.89. The summed E-state index contributed by atoms with van der Waals surface area (Å²) in [7, 11) is 0. The highest BCUT2D eigenvalue weighted by Crippen LogP contribution is 2.43. The standard InChI is InChI=1S/C15H10F2N2O3S/c16-10-4-5-13(12(17)7-10)18-14(20)8-23-15(18)9-2-1-3-11(6-9)19(21)22/h1-7,15H,8H2. The molecule has 1 fully saturated rings. The van der Waals surface area contributed by atoms with Gasteiger partial charge in [-0.05, 0) is 17.7 Å². The lowest BCUT2D eigenvalue weighted by Crippen LogP contribution is -2.28. The van der Waals surface area contributed by atoms with E-state index < -0.39 is 21.9 Å². The van der Waals surface area contributed by atoms with Crippen molar-refractivity contribution in [2.75, 3.05) is 10.7 Å². The van der Waals surface area contributed by atoms with Crippen LogP contribution in [0.25, 0.3) is 0 Å². The summed E-state index contributed by atoms with van der Waals surface area (Å²) in [6.07, 6.45) is 0. The molecule has 23 heavy (non-hydrogen) atoms. The van der Waals surface area contributed by atoms with Gasteiger partial charge in [0.15, 0.2) is 0 Å². The molecule has 0 saturated carbocycles. The third kappa shape index (κ3) is 2.89. The third-order valence-corrected chi connectivity index (χ3v) is 4.62. The second-order valence-corrected chi connectivity index (χ2v) is 5.94. The van der Waals surface area contributed by atoms with E-state index in [-0.39, 0.29) is 23.0 Å². The van der Waals surface area contributed by atoms with Gasteiger partial charge in [0.2, 0.25) is 5.91 Å². The molecule has 1 aliphatic rings. The minimum Gasteiger partial charge on any atom is -0.292 e.